The molecular weight excluding hydrogens is 210 g/mol. The highest BCUT2D eigenvalue weighted by molar-refractivity contribution is 7.90. The van der Waals surface area contributed by atoms with Crippen molar-refractivity contribution in [2.75, 3.05) is 6.26 Å². The first-order valence-electron chi connectivity index (χ1n) is 5.00. The van der Waals surface area contributed by atoms with Crippen molar-refractivity contribution in [2.24, 2.45) is 5.73 Å². The molecule has 0 bridgehead atoms. The van der Waals surface area contributed by atoms with E-state index < -0.39 is 9.84 Å². The molecule has 1 aromatic rings. The van der Waals surface area contributed by atoms with Crippen molar-refractivity contribution in [1.82, 2.24) is 0 Å². The van der Waals surface area contributed by atoms with Crippen LogP contribution in [0.1, 0.15) is 31.4 Å². The summed E-state index contributed by atoms with van der Waals surface area (Å²) >= 11 is 0. The summed E-state index contributed by atoms with van der Waals surface area (Å²) in [6.45, 7) is 2.06. The average Bonchev–Trinajstić information content (AvgIpc) is 2.17. The molecule has 0 aromatic heterocycles. The predicted octanol–water partition coefficient (Wildman–Crippen LogP) is 1.89. The summed E-state index contributed by atoms with van der Waals surface area (Å²) < 4.78 is 22.6. The van der Waals surface area contributed by atoms with E-state index in [4.69, 9.17) is 5.73 Å². The van der Waals surface area contributed by atoms with E-state index in [2.05, 4.69) is 6.92 Å². The fourth-order valence-electron chi connectivity index (χ4n) is 1.45. The van der Waals surface area contributed by atoms with Gasteiger partial charge in [0.05, 0.1) is 4.90 Å². The van der Waals surface area contributed by atoms with E-state index in [1.165, 1.54) is 6.26 Å². The standard InChI is InChI=1S/C11H17NO2S/c1-3-5-11(12)9-6-4-7-10(8-9)15(2,13)14/h4,6-8,11H,3,5,12H2,1-2H3/t11-/m0/s1. The van der Waals surface area contributed by atoms with Crippen LogP contribution in [0.4, 0.5) is 0 Å². The van der Waals surface area contributed by atoms with Gasteiger partial charge in [0.1, 0.15) is 0 Å². The second kappa shape index (κ2) is 4.77. The van der Waals surface area contributed by atoms with Gasteiger partial charge in [0.25, 0.3) is 0 Å². The summed E-state index contributed by atoms with van der Waals surface area (Å²) in [5.74, 6) is 0. The van der Waals surface area contributed by atoms with E-state index in [1.807, 2.05) is 6.07 Å². The summed E-state index contributed by atoms with van der Waals surface area (Å²) in [6.07, 6.45) is 3.06. The second-order valence-corrected chi connectivity index (χ2v) is 5.76. The van der Waals surface area contributed by atoms with Gasteiger partial charge in [-0.15, -0.1) is 0 Å². The number of sulfone groups is 1. The molecule has 2 N–H and O–H groups in total. The number of hydrogen-bond acceptors (Lipinski definition) is 3. The Balaban J connectivity index is 3.03. The van der Waals surface area contributed by atoms with E-state index in [0.717, 1.165) is 18.4 Å². The fraction of sp³-hybridized carbons (Fsp3) is 0.455. The van der Waals surface area contributed by atoms with Crippen molar-refractivity contribution in [3.8, 4) is 0 Å². The Kier molecular flexibility index (Phi) is 3.88. The van der Waals surface area contributed by atoms with Gasteiger partial charge in [-0.3, -0.25) is 0 Å². The number of nitrogens with two attached hydrogens (primary N) is 1. The molecule has 1 aromatic carbocycles. The van der Waals surface area contributed by atoms with Crippen LogP contribution in [0, 0.1) is 0 Å². The third-order valence-electron chi connectivity index (χ3n) is 2.31. The van der Waals surface area contributed by atoms with Gasteiger partial charge in [-0.25, -0.2) is 8.42 Å². The average molecular weight is 227 g/mol. The van der Waals surface area contributed by atoms with Crippen LogP contribution < -0.4 is 5.73 Å². The molecule has 84 valence electrons. The second-order valence-electron chi connectivity index (χ2n) is 3.74. The highest BCUT2D eigenvalue weighted by atomic mass is 32.2. The first-order valence-corrected chi connectivity index (χ1v) is 6.90. The molecule has 3 nitrogen and oxygen atoms in total. The Bertz CT molecular complexity index is 426. The summed E-state index contributed by atoms with van der Waals surface area (Å²) in [6, 6.07) is 6.79. The molecule has 0 aliphatic carbocycles. The zero-order valence-electron chi connectivity index (χ0n) is 9.10. The molecule has 0 heterocycles. The lowest BCUT2D eigenvalue weighted by atomic mass is 10.0. The molecule has 0 aliphatic rings. The van der Waals surface area contributed by atoms with Crippen LogP contribution in [0.5, 0.6) is 0 Å². The minimum atomic E-state index is -3.13. The molecule has 1 rings (SSSR count). The molecule has 0 fully saturated rings. The van der Waals surface area contributed by atoms with Gasteiger partial charge >= 0.3 is 0 Å². The topological polar surface area (TPSA) is 60.2 Å². The molecule has 4 heteroatoms. The van der Waals surface area contributed by atoms with E-state index in [0.29, 0.717) is 4.90 Å². The van der Waals surface area contributed by atoms with Crippen molar-refractivity contribution in [3.63, 3.8) is 0 Å². The molecule has 1 atom stereocenters. The van der Waals surface area contributed by atoms with Crippen molar-refractivity contribution in [3.05, 3.63) is 29.8 Å². The highest BCUT2D eigenvalue weighted by Gasteiger charge is 2.10. The Morgan fingerprint density at radius 2 is 2.07 bits per heavy atom. The zero-order chi connectivity index (χ0) is 11.5. The lowest BCUT2D eigenvalue weighted by Crippen LogP contribution is -2.10. The smallest absolute Gasteiger partial charge is 0.175 e. The van der Waals surface area contributed by atoms with Crippen LogP contribution in [0.25, 0.3) is 0 Å². The number of rotatable bonds is 4. The van der Waals surface area contributed by atoms with Gasteiger partial charge in [-0.2, -0.15) is 0 Å². The first-order chi connectivity index (χ1) is 6.95. The largest absolute Gasteiger partial charge is 0.324 e. The van der Waals surface area contributed by atoms with Crippen LogP contribution in [-0.4, -0.2) is 14.7 Å². The number of benzene rings is 1. The summed E-state index contributed by atoms with van der Waals surface area (Å²) in [5, 5.41) is 0. The quantitative estimate of drug-likeness (QED) is 0.854. The molecule has 0 unspecified atom stereocenters. The van der Waals surface area contributed by atoms with Crippen LogP contribution in [0.2, 0.25) is 0 Å². The molecule has 0 saturated carbocycles. The Labute approximate surface area is 91.2 Å². The van der Waals surface area contributed by atoms with Crippen molar-refractivity contribution < 1.29 is 8.42 Å². The molecule has 0 spiro atoms. The van der Waals surface area contributed by atoms with E-state index in [9.17, 15) is 8.42 Å². The predicted molar refractivity (Wildman–Crippen MR) is 61.4 cm³/mol. The van der Waals surface area contributed by atoms with Crippen LogP contribution in [0.15, 0.2) is 29.2 Å². The van der Waals surface area contributed by atoms with Gasteiger partial charge in [0.2, 0.25) is 0 Å². The fourth-order valence-corrected chi connectivity index (χ4v) is 2.13. The lowest BCUT2D eigenvalue weighted by molar-refractivity contribution is 0.600. The summed E-state index contributed by atoms with van der Waals surface area (Å²) in [5.41, 5.74) is 6.81. The minimum Gasteiger partial charge on any atom is -0.324 e. The summed E-state index contributed by atoms with van der Waals surface area (Å²) in [7, 11) is -3.13. The molecular formula is C11H17NO2S. The van der Waals surface area contributed by atoms with Crippen LogP contribution >= 0.6 is 0 Å². The lowest BCUT2D eigenvalue weighted by Gasteiger charge is -2.11. The Morgan fingerprint density at radius 1 is 1.40 bits per heavy atom. The Hall–Kier alpha value is -0.870. The van der Waals surface area contributed by atoms with E-state index in [-0.39, 0.29) is 6.04 Å². The van der Waals surface area contributed by atoms with Crippen LogP contribution in [0.3, 0.4) is 0 Å². The zero-order valence-corrected chi connectivity index (χ0v) is 9.92. The SMILES string of the molecule is CCC[C@H](N)c1cccc(S(C)(=O)=O)c1. The maximum atomic E-state index is 11.3. The first kappa shape index (κ1) is 12.2. The highest BCUT2D eigenvalue weighted by Crippen LogP contribution is 2.19. The molecule has 0 amide bonds. The molecule has 15 heavy (non-hydrogen) atoms. The van der Waals surface area contributed by atoms with Gasteiger partial charge in [-0.1, -0.05) is 25.5 Å². The van der Waals surface area contributed by atoms with Crippen molar-refractivity contribution >= 4 is 9.84 Å². The van der Waals surface area contributed by atoms with Crippen molar-refractivity contribution in [2.45, 2.75) is 30.7 Å². The maximum Gasteiger partial charge on any atom is 0.175 e. The maximum absolute atomic E-state index is 11.3. The third-order valence-corrected chi connectivity index (χ3v) is 3.42. The normalized spacial score (nSPS) is 13.8. The molecule has 0 aliphatic heterocycles. The third kappa shape index (κ3) is 3.32. The summed E-state index contributed by atoms with van der Waals surface area (Å²) in [4.78, 5) is 0.339. The monoisotopic (exact) mass is 227 g/mol. The number of hydrogen-bond donors (Lipinski definition) is 1. The van der Waals surface area contributed by atoms with Crippen LogP contribution in [-0.2, 0) is 9.84 Å². The van der Waals surface area contributed by atoms with Gasteiger partial charge < -0.3 is 5.73 Å². The van der Waals surface area contributed by atoms with Gasteiger partial charge in [-0.05, 0) is 24.1 Å². The van der Waals surface area contributed by atoms with Gasteiger partial charge in [0, 0.05) is 12.3 Å². The van der Waals surface area contributed by atoms with E-state index in [1.54, 1.807) is 18.2 Å². The van der Waals surface area contributed by atoms with Crippen molar-refractivity contribution in [1.29, 1.82) is 0 Å². The minimum absolute atomic E-state index is 0.0725. The Morgan fingerprint density at radius 3 is 2.60 bits per heavy atom. The molecule has 0 radical (unpaired) electrons. The molecule has 0 saturated heterocycles. The van der Waals surface area contributed by atoms with E-state index >= 15 is 0 Å². The van der Waals surface area contributed by atoms with Gasteiger partial charge in [0.15, 0.2) is 9.84 Å².